The first kappa shape index (κ1) is 19.5. The zero-order chi connectivity index (χ0) is 20.4. The number of aromatic nitrogens is 4. The Morgan fingerprint density at radius 1 is 1.14 bits per heavy atom. The largest absolute Gasteiger partial charge is 0.394 e. The summed E-state index contributed by atoms with van der Waals surface area (Å²) in [6.45, 7) is 0.258. The number of aliphatic hydroxyl groups excluding tert-OH is 3. The Morgan fingerprint density at radius 2 is 1.93 bits per heavy atom. The lowest BCUT2D eigenvalue weighted by atomic mass is 10.1. The molecule has 0 spiro atoms. The van der Waals surface area contributed by atoms with Gasteiger partial charge in [0.05, 0.1) is 12.9 Å². The summed E-state index contributed by atoms with van der Waals surface area (Å²) in [5.41, 5.74) is 7.98. The minimum absolute atomic E-state index is 0.0524. The predicted octanol–water partition coefficient (Wildman–Crippen LogP) is 0.0647. The third-order valence-corrected chi connectivity index (χ3v) is 5.01. The molecule has 0 radical (unpaired) electrons. The van der Waals surface area contributed by atoms with Crippen LogP contribution in [0.5, 0.6) is 0 Å². The van der Waals surface area contributed by atoms with Crippen LogP contribution in [0.25, 0.3) is 11.2 Å². The fraction of sp³-hybridized carbons (Fsp3) is 0.421. The maximum Gasteiger partial charge on any atom is 0.224 e. The van der Waals surface area contributed by atoms with Crippen molar-refractivity contribution in [1.82, 2.24) is 19.5 Å². The second-order valence-electron chi connectivity index (χ2n) is 7.00. The number of nitrogens with zero attached hydrogens (tertiary/aromatic N) is 4. The van der Waals surface area contributed by atoms with Crippen LogP contribution in [0.3, 0.4) is 0 Å². The molecular formula is C19H24N6O4. The number of nitrogens with one attached hydrogen (secondary N) is 1. The first-order valence-electron chi connectivity index (χ1n) is 9.48. The van der Waals surface area contributed by atoms with Crippen molar-refractivity contribution in [2.75, 3.05) is 24.2 Å². The van der Waals surface area contributed by atoms with Gasteiger partial charge in [0.25, 0.3) is 0 Å². The van der Waals surface area contributed by atoms with Crippen LogP contribution in [0, 0.1) is 0 Å². The number of hydrogen-bond acceptors (Lipinski definition) is 9. The highest BCUT2D eigenvalue weighted by atomic mass is 16.6. The lowest BCUT2D eigenvalue weighted by molar-refractivity contribution is -0.0511. The van der Waals surface area contributed by atoms with Gasteiger partial charge in [-0.1, -0.05) is 30.3 Å². The van der Waals surface area contributed by atoms with Gasteiger partial charge in [0, 0.05) is 6.54 Å². The van der Waals surface area contributed by atoms with Gasteiger partial charge in [0.1, 0.15) is 18.3 Å². The Kier molecular flexibility index (Phi) is 5.58. The summed E-state index contributed by atoms with van der Waals surface area (Å²) in [5.74, 6) is 0.544. The van der Waals surface area contributed by atoms with Crippen molar-refractivity contribution < 1.29 is 20.1 Å². The summed E-state index contributed by atoms with van der Waals surface area (Å²) < 4.78 is 7.06. The molecule has 0 saturated carbocycles. The maximum atomic E-state index is 10.3. The van der Waals surface area contributed by atoms with Crippen LogP contribution in [0.15, 0.2) is 36.7 Å². The van der Waals surface area contributed by atoms with Crippen LogP contribution in [0.4, 0.5) is 11.8 Å². The molecule has 4 rings (SSSR count). The Morgan fingerprint density at radius 3 is 2.66 bits per heavy atom. The van der Waals surface area contributed by atoms with Gasteiger partial charge in [-0.25, -0.2) is 4.98 Å². The van der Waals surface area contributed by atoms with Gasteiger partial charge in [-0.2, -0.15) is 9.97 Å². The number of ether oxygens (including phenoxy) is 1. The molecule has 29 heavy (non-hydrogen) atoms. The average molecular weight is 400 g/mol. The van der Waals surface area contributed by atoms with E-state index in [1.54, 1.807) is 0 Å². The van der Waals surface area contributed by atoms with E-state index in [0.29, 0.717) is 23.5 Å². The average Bonchev–Trinajstić information content (AvgIpc) is 3.27. The second kappa shape index (κ2) is 8.29. The van der Waals surface area contributed by atoms with Crippen molar-refractivity contribution >= 4 is 22.9 Å². The van der Waals surface area contributed by atoms with Gasteiger partial charge in [-0.05, 0) is 18.4 Å². The molecule has 0 bridgehead atoms. The molecule has 2 aromatic heterocycles. The van der Waals surface area contributed by atoms with Crippen molar-refractivity contribution in [3.63, 3.8) is 0 Å². The molecule has 10 heteroatoms. The molecule has 10 nitrogen and oxygen atoms in total. The first-order chi connectivity index (χ1) is 14.1. The lowest BCUT2D eigenvalue weighted by Crippen LogP contribution is -2.33. The molecule has 6 N–H and O–H groups in total. The smallest absolute Gasteiger partial charge is 0.224 e. The molecule has 154 valence electrons. The number of aryl methyl sites for hydroxylation is 1. The molecule has 0 unspecified atom stereocenters. The van der Waals surface area contributed by atoms with Crippen molar-refractivity contribution in [3.05, 3.63) is 42.2 Å². The lowest BCUT2D eigenvalue weighted by Gasteiger charge is -2.16. The molecule has 3 heterocycles. The number of benzene rings is 1. The van der Waals surface area contributed by atoms with Gasteiger partial charge in [-0.15, -0.1) is 0 Å². The molecule has 4 atom stereocenters. The monoisotopic (exact) mass is 400 g/mol. The van der Waals surface area contributed by atoms with E-state index in [2.05, 4.69) is 32.4 Å². The van der Waals surface area contributed by atoms with E-state index in [-0.39, 0.29) is 5.95 Å². The third-order valence-electron chi connectivity index (χ3n) is 5.01. The topological polar surface area (TPSA) is 152 Å². The van der Waals surface area contributed by atoms with E-state index < -0.39 is 31.1 Å². The van der Waals surface area contributed by atoms with Crippen LogP contribution >= 0.6 is 0 Å². The molecule has 0 amide bonds. The normalized spacial score (nSPS) is 24.2. The summed E-state index contributed by atoms with van der Waals surface area (Å²) in [6, 6.07) is 10.2. The summed E-state index contributed by atoms with van der Waals surface area (Å²) in [7, 11) is 0. The summed E-state index contributed by atoms with van der Waals surface area (Å²) >= 11 is 0. The highest BCUT2D eigenvalue weighted by molar-refractivity contribution is 5.84. The van der Waals surface area contributed by atoms with Crippen LogP contribution < -0.4 is 11.1 Å². The van der Waals surface area contributed by atoms with Gasteiger partial charge in [-0.3, -0.25) is 4.57 Å². The van der Waals surface area contributed by atoms with Crippen LogP contribution in [0.1, 0.15) is 18.2 Å². The van der Waals surface area contributed by atoms with Crippen molar-refractivity contribution in [2.24, 2.45) is 0 Å². The number of rotatable bonds is 7. The molecule has 0 aliphatic carbocycles. The maximum absolute atomic E-state index is 10.3. The Labute approximate surface area is 167 Å². The molecule has 1 aliphatic rings. The summed E-state index contributed by atoms with van der Waals surface area (Å²) in [6.07, 6.45) is -0.997. The Bertz CT molecular complexity index is 966. The van der Waals surface area contributed by atoms with Crippen LogP contribution in [-0.2, 0) is 11.2 Å². The van der Waals surface area contributed by atoms with E-state index in [0.717, 1.165) is 12.8 Å². The van der Waals surface area contributed by atoms with Crippen molar-refractivity contribution in [2.45, 2.75) is 37.4 Å². The number of nitrogens with two attached hydrogens (primary N) is 1. The van der Waals surface area contributed by atoms with Gasteiger partial charge >= 0.3 is 0 Å². The van der Waals surface area contributed by atoms with E-state index in [1.807, 2.05) is 18.2 Å². The second-order valence-corrected chi connectivity index (χ2v) is 7.00. The molecule has 1 fully saturated rings. The minimum Gasteiger partial charge on any atom is -0.394 e. The predicted molar refractivity (Wildman–Crippen MR) is 106 cm³/mol. The zero-order valence-corrected chi connectivity index (χ0v) is 15.7. The number of imidazole rings is 1. The molecule has 1 aliphatic heterocycles. The standard InChI is InChI=1S/C19H24N6O4/c20-19-23-16(21-8-4-7-11-5-2-1-3-6-11)13-17(24-19)25(10-22-13)18-15(28)14(27)12(9-26)29-18/h1-3,5-6,10,12,14-15,18,26-28H,4,7-9H2,(H3,20,21,23,24)/t12-,14-,15-,18-/m1/s1. The van der Waals surface area contributed by atoms with Gasteiger partial charge < -0.3 is 31.1 Å². The number of hydrogen-bond donors (Lipinski definition) is 5. The van der Waals surface area contributed by atoms with E-state index in [1.165, 1.54) is 16.5 Å². The first-order valence-corrected chi connectivity index (χ1v) is 9.48. The molecule has 1 aromatic carbocycles. The van der Waals surface area contributed by atoms with Crippen LogP contribution in [-0.4, -0.2) is 66.3 Å². The highest BCUT2D eigenvalue weighted by Crippen LogP contribution is 2.32. The number of nitrogen functional groups attached to an aromatic ring is 1. The molecule has 1 saturated heterocycles. The van der Waals surface area contributed by atoms with Gasteiger partial charge in [0.2, 0.25) is 5.95 Å². The number of fused-ring (bicyclic) bond motifs is 1. The number of anilines is 2. The van der Waals surface area contributed by atoms with Gasteiger partial charge in [0.15, 0.2) is 23.2 Å². The summed E-state index contributed by atoms with van der Waals surface area (Å²) in [5, 5.41) is 32.8. The summed E-state index contributed by atoms with van der Waals surface area (Å²) in [4.78, 5) is 12.8. The van der Waals surface area contributed by atoms with E-state index >= 15 is 0 Å². The fourth-order valence-corrected chi connectivity index (χ4v) is 3.50. The zero-order valence-electron chi connectivity index (χ0n) is 15.7. The Hall–Kier alpha value is -2.79. The van der Waals surface area contributed by atoms with Crippen molar-refractivity contribution in [3.8, 4) is 0 Å². The van der Waals surface area contributed by atoms with Crippen molar-refractivity contribution in [1.29, 1.82) is 0 Å². The van der Waals surface area contributed by atoms with E-state index in [4.69, 9.17) is 10.5 Å². The Balaban J connectivity index is 1.51. The number of aliphatic hydroxyl groups is 3. The molecular weight excluding hydrogens is 376 g/mol. The quantitative estimate of drug-likeness (QED) is 0.347. The van der Waals surface area contributed by atoms with E-state index in [9.17, 15) is 15.3 Å². The molecule has 3 aromatic rings. The van der Waals surface area contributed by atoms with Crippen LogP contribution in [0.2, 0.25) is 0 Å². The fourth-order valence-electron chi connectivity index (χ4n) is 3.50. The third kappa shape index (κ3) is 3.87. The highest BCUT2D eigenvalue weighted by Gasteiger charge is 2.44. The SMILES string of the molecule is Nc1nc(NCCCc2ccccc2)c2ncn([C@@H]3O[C@H](CO)[C@@H](O)[C@H]3O)c2n1. The minimum atomic E-state index is -1.23.